The van der Waals surface area contributed by atoms with Crippen LogP contribution in [0.2, 0.25) is 10.0 Å². The second-order valence-corrected chi connectivity index (χ2v) is 6.51. The van der Waals surface area contributed by atoms with E-state index in [0.29, 0.717) is 28.6 Å². The molecule has 0 radical (unpaired) electrons. The fraction of sp³-hybridized carbons (Fsp3) is 0.500. The topological polar surface area (TPSA) is 49.4 Å². The van der Waals surface area contributed by atoms with E-state index in [-0.39, 0.29) is 17.9 Å². The van der Waals surface area contributed by atoms with Crippen LogP contribution < -0.4 is 5.32 Å². The molecule has 0 saturated carbocycles. The Kier molecular flexibility index (Phi) is 5.70. The Labute approximate surface area is 140 Å². The number of benzene rings is 1. The predicted octanol–water partition coefficient (Wildman–Crippen LogP) is 3.51. The third kappa shape index (κ3) is 3.93. The zero-order valence-electron chi connectivity index (χ0n) is 12.7. The molecule has 1 aromatic rings. The van der Waals surface area contributed by atoms with Gasteiger partial charge in [0.1, 0.15) is 6.04 Å². The SMILES string of the molecule is CCC(C)NC(=O)C1CCCN1C(=O)c1cc(Cl)cc(Cl)c1. The number of rotatable bonds is 4. The van der Waals surface area contributed by atoms with Gasteiger partial charge in [-0.3, -0.25) is 9.59 Å². The monoisotopic (exact) mass is 342 g/mol. The van der Waals surface area contributed by atoms with Gasteiger partial charge in [-0.1, -0.05) is 30.1 Å². The molecule has 22 heavy (non-hydrogen) atoms. The summed E-state index contributed by atoms with van der Waals surface area (Å²) < 4.78 is 0. The van der Waals surface area contributed by atoms with Crippen molar-refractivity contribution in [2.24, 2.45) is 0 Å². The van der Waals surface area contributed by atoms with Gasteiger partial charge >= 0.3 is 0 Å². The minimum Gasteiger partial charge on any atom is -0.352 e. The third-order valence-corrected chi connectivity index (χ3v) is 4.36. The van der Waals surface area contributed by atoms with Crippen molar-refractivity contribution in [2.45, 2.75) is 45.2 Å². The van der Waals surface area contributed by atoms with Gasteiger partial charge in [0.2, 0.25) is 5.91 Å². The highest BCUT2D eigenvalue weighted by Crippen LogP contribution is 2.24. The molecule has 1 aliphatic rings. The third-order valence-electron chi connectivity index (χ3n) is 3.93. The van der Waals surface area contributed by atoms with Crippen LogP contribution in [0, 0.1) is 0 Å². The van der Waals surface area contributed by atoms with Gasteiger partial charge in [0.25, 0.3) is 5.91 Å². The predicted molar refractivity (Wildman–Crippen MR) is 88.4 cm³/mol. The molecule has 2 rings (SSSR count). The molecule has 0 aromatic heterocycles. The molecule has 2 amide bonds. The van der Waals surface area contributed by atoms with Gasteiger partial charge in [0.15, 0.2) is 0 Å². The van der Waals surface area contributed by atoms with E-state index in [1.54, 1.807) is 23.1 Å². The Bertz CT molecular complexity index is 557. The summed E-state index contributed by atoms with van der Waals surface area (Å²) in [6.07, 6.45) is 2.36. The zero-order chi connectivity index (χ0) is 16.3. The summed E-state index contributed by atoms with van der Waals surface area (Å²) in [4.78, 5) is 26.6. The molecule has 0 aliphatic carbocycles. The van der Waals surface area contributed by atoms with Crippen molar-refractivity contribution in [3.05, 3.63) is 33.8 Å². The zero-order valence-corrected chi connectivity index (χ0v) is 14.2. The first kappa shape index (κ1) is 17.1. The van der Waals surface area contributed by atoms with E-state index in [9.17, 15) is 9.59 Å². The lowest BCUT2D eigenvalue weighted by molar-refractivity contribution is -0.125. The number of amides is 2. The average molecular weight is 343 g/mol. The molecule has 0 bridgehead atoms. The van der Waals surface area contributed by atoms with Gasteiger partial charge in [-0.15, -0.1) is 0 Å². The second-order valence-electron chi connectivity index (χ2n) is 5.63. The fourth-order valence-electron chi connectivity index (χ4n) is 2.57. The Morgan fingerprint density at radius 2 is 1.95 bits per heavy atom. The highest BCUT2D eigenvalue weighted by atomic mass is 35.5. The molecule has 1 aliphatic heterocycles. The molecular weight excluding hydrogens is 323 g/mol. The second kappa shape index (κ2) is 7.34. The summed E-state index contributed by atoms with van der Waals surface area (Å²) in [5.41, 5.74) is 0.417. The lowest BCUT2D eigenvalue weighted by atomic mass is 10.1. The molecule has 1 saturated heterocycles. The number of carbonyl (C=O) groups excluding carboxylic acids is 2. The van der Waals surface area contributed by atoms with Crippen molar-refractivity contribution >= 4 is 35.0 Å². The lowest BCUT2D eigenvalue weighted by Crippen LogP contribution is -2.48. The number of nitrogens with one attached hydrogen (secondary N) is 1. The van der Waals surface area contributed by atoms with E-state index in [4.69, 9.17) is 23.2 Å². The van der Waals surface area contributed by atoms with Gasteiger partial charge in [-0.25, -0.2) is 0 Å². The lowest BCUT2D eigenvalue weighted by Gasteiger charge is -2.25. The number of hydrogen-bond donors (Lipinski definition) is 1. The highest BCUT2D eigenvalue weighted by Gasteiger charge is 2.34. The molecule has 0 spiro atoms. The maximum absolute atomic E-state index is 12.7. The smallest absolute Gasteiger partial charge is 0.254 e. The number of likely N-dealkylation sites (tertiary alicyclic amines) is 1. The summed E-state index contributed by atoms with van der Waals surface area (Å²) in [5, 5.41) is 3.77. The summed E-state index contributed by atoms with van der Waals surface area (Å²) in [5.74, 6) is -0.292. The molecule has 2 atom stereocenters. The Balaban J connectivity index is 2.15. The number of halogens is 2. The maximum Gasteiger partial charge on any atom is 0.254 e. The molecule has 4 nitrogen and oxygen atoms in total. The van der Waals surface area contributed by atoms with Crippen LogP contribution in [-0.2, 0) is 4.79 Å². The van der Waals surface area contributed by atoms with E-state index in [1.165, 1.54) is 0 Å². The van der Waals surface area contributed by atoms with Gasteiger partial charge in [0, 0.05) is 28.2 Å². The first-order chi connectivity index (χ1) is 10.4. The van der Waals surface area contributed by atoms with Crippen molar-refractivity contribution < 1.29 is 9.59 Å². The van der Waals surface area contributed by atoms with Crippen LogP contribution in [0.1, 0.15) is 43.5 Å². The van der Waals surface area contributed by atoms with Gasteiger partial charge < -0.3 is 10.2 Å². The quantitative estimate of drug-likeness (QED) is 0.909. The maximum atomic E-state index is 12.7. The van der Waals surface area contributed by atoms with Gasteiger partial charge in [0.05, 0.1) is 0 Å². The molecule has 2 unspecified atom stereocenters. The summed E-state index contributed by atoms with van der Waals surface area (Å²) in [6, 6.07) is 4.43. The molecule has 6 heteroatoms. The van der Waals surface area contributed by atoms with Crippen LogP contribution >= 0.6 is 23.2 Å². The minimum atomic E-state index is -0.417. The Hall–Kier alpha value is -1.26. The summed E-state index contributed by atoms with van der Waals surface area (Å²) >= 11 is 11.9. The Morgan fingerprint density at radius 3 is 2.55 bits per heavy atom. The molecule has 120 valence electrons. The number of nitrogens with zero attached hydrogens (tertiary/aromatic N) is 1. The normalized spacial score (nSPS) is 19.1. The molecule has 1 fully saturated rings. The van der Waals surface area contributed by atoms with Crippen LogP contribution in [0.5, 0.6) is 0 Å². The van der Waals surface area contributed by atoms with Crippen molar-refractivity contribution in [2.75, 3.05) is 6.54 Å². The minimum absolute atomic E-state index is 0.0895. The van der Waals surface area contributed by atoms with E-state index in [2.05, 4.69) is 5.32 Å². The van der Waals surface area contributed by atoms with E-state index in [0.717, 1.165) is 12.8 Å². The van der Waals surface area contributed by atoms with Crippen molar-refractivity contribution in [3.63, 3.8) is 0 Å². The van der Waals surface area contributed by atoms with Gasteiger partial charge in [-0.2, -0.15) is 0 Å². The molecular formula is C16H20Cl2N2O2. The van der Waals surface area contributed by atoms with Gasteiger partial charge in [-0.05, 0) is 44.4 Å². The fourth-order valence-corrected chi connectivity index (χ4v) is 3.09. The first-order valence-corrected chi connectivity index (χ1v) is 8.25. The molecule has 1 N–H and O–H groups in total. The van der Waals surface area contributed by atoms with Crippen LogP contribution in [0.3, 0.4) is 0 Å². The van der Waals surface area contributed by atoms with Crippen molar-refractivity contribution in [3.8, 4) is 0 Å². The first-order valence-electron chi connectivity index (χ1n) is 7.49. The summed E-state index contributed by atoms with van der Waals surface area (Å²) in [7, 11) is 0. The van der Waals surface area contributed by atoms with Crippen LogP contribution in [-0.4, -0.2) is 35.3 Å². The largest absolute Gasteiger partial charge is 0.352 e. The number of hydrogen-bond acceptors (Lipinski definition) is 2. The van der Waals surface area contributed by atoms with Crippen LogP contribution in [0.25, 0.3) is 0 Å². The van der Waals surface area contributed by atoms with Crippen LogP contribution in [0.15, 0.2) is 18.2 Å². The van der Waals surface area contributed by atoms with E-state index < -0.39 is 6.04 Å². The summed E-state index contributed by atoms with van der Waals surface area (Å²) in [6.45, 7) is 4.54. The highest BCUT2D eigenvalue weighted by molar-refractivity contribution is 6.35. The van der Waals surface area contributed by atoms with Crippen LogP contribution in [0.4, 0.5) is 0 Å². The van der Waals surface area contributed by atoms with E-state index >= 15 is 0 Å². The van der Waals surface area contributed by atoms with Crippen molar-refractivity contribution in [1.29, 1.82) is 0 Å². The van der Waals surface area contributed by atoms with E-state index in [1.807, 2.05) is 13.8 Å². The Morgan fingerprint density at radius 1 is 1.32 bits per heavy atom. The molecule has 1 heterocycles. The number of carbonyl (C=O) groups is 2. The average Bonchev–Trinajstić information content (AvgIpc) is 2.94. The standard InChI is InChI=1S/C16H20Cl2N2O2/c1-3-10(2)19-15(21)14-5-4-6-20(14)16(22)11-7-12(17)9-13(18)8-11/h7-10,14H,3-6H2,1-2H3,(H,19,21). The van der Waals surface area contributed by atoms with Crippen molar-refractivity contribution in [1.82, 2.24) is 10.2 Å². The molecule has 1 aromatic carbocycles.